The van der Waals surface area contributed by atoms with E-state index in [-0.39, 0.29) is 0 Å². The van der Waals surface area contributed by atoms with Crippen molar-refractivity contribution in [3.05, 3.63) is 27.5 Å². The molecule has 0 bridgehead atoms. The van der Waals surface area contributed by atoms with E-state index in [0.717, 1.165) is 28.1 Å². The molecule has 0 atom stereocenters. The monoisotopic (exact) mass is 320 g/mol. The number of aromatic nitrogens is 3. The number of hydrogen-bond donors (Lipinski definition) is 2. The van der Waals surface area contributed by atoms with Crippen molar-refractivity contribution in [3.63, 3.8) is 0 Å². The lowest BCUT2D eigenvalue weighted by atomic mass is 10.3. The zero-order valence-electron chi connectivity index (χ0n) is 11.8. The summed E-state index contributed by atoms with van der Waals surface area (Å²) in [7, 11) is 2.00. The lowest BCUT2D eigenvalue weighted by molar-refractivity contribution is 0.877. The number of nitrogens with zero attached hydrogens (tertiary/aromatic N) is 4. The molecule has 110 valence electrons. The molecule has 6 nitrogen and oxygen atoms in total. The van der Waals surface area contributed by atoms with Crippen molar-refractivity contribution in [3.8, 4) is 0 Å². The summed E-state index contributed by atoms with van der Waals surface area (Å²) in [4.78, 5) is 17.6. The van der Waals surface area contributed by atoms with E-state index in [4.69, 9.17) is 5.84 Å². The first-order valence-corrected chi connectivity index (χ1v) is 8.32. The molecule has 3 rings (SSSR count). The van der Waals surface area contributed by atoms with Crippen LogP contribution in [-0.4, -0.2) is 22.0 Å². The summed E-state index contributed by atoms with van der Waals surface area (Å²) in [5, 5.41) is 3.11. The second-order valence-electron chi connectivity index (χ2n) is 4.64. The summed E-state index contributed by atoms with van der Waals surface area (Å²) in [6, 6.07) is 2.16. The molecule has 0 saturated heterocycles. The molecule has 3 aromatic rings. The van der Waals surface area contributed by atoms with Crippen molar-refractivity contribution in [2.24, 2.45) is 5.84 Å². The standard InChI is InChI=1S/C13H16N6S2/c1-3-9-4-10-11(16-13(18-14)17-12(10)21-9)19(2)5-8-6-20-7-15-8/h4,6-7H,3,5,14H2,1-2H3,(H,16,17,18). The van der Waals surface area contributed by atoms with Crippen LogP contribution in [0.1, 0.15) is 17.5 Å². The minimum absolute atomic E-state index is 0.437. The van der Waals surface area contributed by atoms with Crippen LogP contribution in [-0.2, 0) is 13.0 Å². The Labute approximate surface area is 130 Å². The van der Waals surface area contributed by atoms with Gasteiger partial charge in [-0.05, 0) is 12.5 Å². The number of fused-ring (bicyclic) bond motifs is 1. The number of anilines is 2. The number of aryl methyl sites for hydroxylation is 1. The summed E-state index contributed by atoms with van der Waals surface area (Å²) < 4.78 is 0. The molecule has 0 aliphatic heterocycles. The summed E-state index contributed by atoms with van der Waals surface area (Å²) in [6.45, 7) is 2.84. The van der Waals surface area contributed by atoms with E-state index in [1.165, 1.54) is 4.88 Å². The molecule has 0 saturated carbocycles. The quantitative estimate of drug-likeness (QED) is 0.556. The number of nitrogen functional groups attached to an aromatic ring is 1. The van der Waals surface area contributed by atoms with Gasteiger partial charge in [0.2, 0.25) is 5.95 Å². The van der Waals surface area contributed by atoms with Gasteiger partial charge < -0.3 is 4.90 Å². The van der Waals surface area contributed by atoms with Crippen LogP contribution in [0.3, 0.4) is 0 Å². The third-order valence-corrected chi connectivity index (χ3v) is 4.95. The minimum atomic E-state index is 0.437. The molecule has 3 aromatic heterocycles. The molecular formula is C13H16N6S2. The first-order chi connectivity index (χ1) is 10.2. The average Bonchev–Trinajstić information content (AvgIpc) is 3.14. The molecule has 0 radical (unpaired) electrons. The number of thiazole rings is 1. The molecule has 0 spiro atoms. The topological polar surface area (TPSA) is 80.0 Å². The summed E-state index contributed by atoms with van der Waals surface area (Å²) >= 11 is 3.27. The molecule has 0 aromatic carbocycles. The Balaban J connectivity index is 2.04. The fourth-order valence-corrected chi connectivity index (χ4v) is 3.63. The molecule has 0 aliphatic rings. The summed E-state index contributed by atoms with van der Waals surface area (Å²) in [5.74, 6) is 6.79. The molecule has 0 aliphatic carbocycles. The van der Waals surface area contributed by atoms with Crippen LogP contribution in [0.2, 0.25) is 0 Å². The molecule has 0 fully saturated rings. The molecule has 8 heteroatoms. The molecule has 3 heterocycles. The number of hydrazine groups is 1. The summed E-state index contributed by atoms with van der Waals surface area (Å²) in [5.41, 5.74) is 5.41. The highest BCUT2D eigenvalue weighted by molar-refractivity contribution is 7.18. The third-order valence-electron chi connectivity index (χ3n) is 3.15. The fraction of sp³-hybridized carbons (Fsp3) is 0.308. The van der Waals surface area contributed by atoms with Gasteiger partial charge in [-0.15, -0.1) is 22.7 Å². The highest BCUT2D eigenvalue weighted by atomic mass is 32.1. The Morgan fingerprint density at radius 3 is 2.90 bits per heavy atom. The average molecular weight is 320 g/mol. The maximum absolute atomic E-state index is 5.49. The van der Waals surface area contributed by atoms with Crippen LogP contribution in [0, 0.1) is 0 Å². The van der Waals surface area contributed by atoms with Gasteiger partial charge in [-0.3, -0.25) is 5.43 Å². The van der Waals surface area contributed by atoms with Gasteiger partial charge in [-0.25, -0.2) is 15.8 Å². The molecule has 0 amide bonds. The van der Waals surface area contributed by atoms with Gasteiger partial charge in [0.25, 0.3) is 0 Å². The van der Waals surface area contributed by atoms with Crippen LogP contribution in [0.15, 0.2) is 17.0 Å². The Bertz CT molecular complexity index is 737. The van der Waals surface area contributed by atoms with Gasteiger partial charge in [0.15, 0.2) is 0 Å². The lowest BCUT2D eigenvalue weighted by Gasteiger charge is -2.18. The van der Waals surface area contributed by atoms with E-state index >= 15 is 0 Å². The van der Waals surface area contributed by atoms with E-state index in [0.29, 0.717) is 12.5 Å². The van der Waals surface area contributed by atoms with Crippen molar-refractivity contribution in [2.75, 3.05) is 17.4 Å². The smallest absolute Gasteiger partial charge is 0.240 e. The van der Waals surface area contributed by atoms with E-state index in [1.807, 2.05) is 17.9 Å². The Hall–Kier alpha value is -1.77. The van der Waals surface area contributed by atoms with Crippen molar-refractivity contribution >= 4 is 44.7 Å². The number of nitrogens with two attached hydrogens (primary N) is 1. The molecule has 3 N–H and O–H groups in total. The maximum atomic E-state index is 5.49. The molecule has 21 heavy (non-hydrogen) atoms. The van der Waals surface area contributed by atoms with Crippen LogP contribution >= 0.6 is 22.7 Å². The van der Waals surface area contributed by atoms with Crippen molar-refractivity contribution in [1.29, 1.82) is 0 Å². The second-order valence-corrected chi connectivity index (χ2v) is 6.47. The van der Waals surface area contributed by atoms with Gasteiger partial charge in [-0.1, -0.05) is 6.92 Å². The minimum Gasteiger partial charge on any atom is -0.353 e. The van der Waals surface area contributed by atoms with E-state index in [1.54, 1.807) is 22.7 Å². The third kappa shape index (κ3) is 2.82. The van der Waals surface area contributed by atoms with Crippen molar-refractivity contribution in [1.82, 2.24) is 15.0 Å². The maximum Gasteiger partial charge on any atom is 0.240 e. The fourth-order valence-electron chi connectivity index (χ4n) is 2.12. The zero-order chi connectivity index (χ0) is 14.8. The normalized spacial score (nSPS) is 11.0. The second kappa shape index (κ2) is 5.92. The van der Waals surface area contributed by atoms with Crippen molar-refractivity contribution in [2.45, 2.75) is 19.9 Å². The zero-order valence-corrected chi connectivity index (χ0v) is 13.5. The van der Waals surface area contributed by atoms with Gasteiger partial charge >= 0.3 is 0 Å². The predicted octanol–water partition coefficient (Wildman–Crippen LogP) is 2.63. The SMILES string of the molecule is CCc1cc2c(N(C)Cc3cscn3)nc(NN)nc2s1. The Morgan fingerprint density at radius 2 is 2.24 bits per heavy atom. The number of thiophene rings is 1. The van der Waals surface area contributed by atoms with Gasteiger partial charge in [0.05, 0.1) is 23.1 Å². The van der Waals surface area contributed by atoms with E-state index < -0.39 is 0 Å². The number of hydrogen-bond acceptors (Lipinski definition) is 8. The number of rotatable bonds is 5. The lowest BCUT2D eigenvalue weighted by Crippen LogP contribution is -2.20. The Kier molecular flexibility index (Phi) is 4.00. The van der Waals surface area contributed by atoms with Crippen LogP contribution in [0.5, 0.6) is 0 Å². The first kappa shape index (κ1) is 14.2. The molecule has 0 unspecified atom stereocenters. The largest absolute Gasteiger partial charge is 0.353 e. The van der Waals surface area contributed by atoms with E-state index in [9.17, 15) is 0 Å². The molecular weight excluding hydrogens is 304 g/mol. The first-order valence-electron chi connectivity index (χ1n) is 6.56. The van der Waals surface area contributed by atoms with Gasteiger partial charge in [-0.2, -0.15) is 4.98 Å². The Morgan fingerprint density at radius 1 is 1.38 bits per heavy atom. The van der Waals surface area contributed by atoms with Gasteiger partial charge in [0.1, 0.15) is 10.6 Å². The predicted molar refractivity (Wildman–Crippen MR) is 88.8 cm³/mol. The van der Waals surface area contributed by atoms with Crippen molar-refractivity contribution < 1.29 is 0 Å². The highest BCUT2D eigenvalue weighted by Gasteiger charge is 2.15. The van der Waals surface area contributed by atoms with E-state index in [2.05, 4.69) is 38.3 Å². The van der Waals surface area contributed by atoms with Crippen LogP contribution < -0.4 is 16.2 Å². The van der Waals surface area contributed by atoms with Crippen LogP contribution in [0.4, 0.5) is 11.8 Å². The van der Waals surface area contributed by atoms with Crippen LogP contribution in [0.25, 0.3) is 10.2 Å². The highest BCUT2D eigenvalue weighted by Crippen LogP contribution is 2.32. The van der Waals surface area contributed by atoms with Gasteiger partial charge in [0, 0.05) is 17.3 Å². The number of nitrogens with one attached hydrogen (secondary N) is 1. The summed E-state index contributed by atoms with van der Waals surface area (Å²) in [6.07, 6.45) is 0.988.